The van der Waals surface area contributed by atoms with Gasteiger partial charge >= 0.3 is 0 Å². The lowest BCUT2D eigenvalue weighted by molar-refractivity contribution is -0.174. The van der Waals surface area contributed by atoms with Crippen molar-refractivity contribution in [1.82, 2.24) is 4.31 Å². The van der Waals surface area contributed by atoms with E-state index in [0.29, 0.717) is 25.9 Å². The van der Waals surface area contributed by atoms with Crippen molar-refractivity contribution in [2.24, 2.45) is 5.11 Å². The maximum atomic E-state index is 12.9. The zero-order valence-corrected chi connectivity index (χ0v) is 15.7. The van der Waals surface area contributed by atoms with Crippen molar-refractivity contribution in [1.29, 1.82) is 0 Å². The Kier molecular flexibility index (Phi) is 7.13. The van der Waals surface area contributed by atoms with Crippen molar-refractivity contribution in [2.75, 3.05) is 6.54 Å². The largest absolute Gasteiger partial charge is 0.597 e. The van der Waals surface area contributed by atoms with Crippen molar-refractivity contribution in [2.45, 2.75) is 63.3 Å². The average molecular weight is 366 g/mol. The zero-order valence-electron chi connectivity index (χ0n) is 14.9. The molecular weight excluding hydrogens is 340 g/mol. The maximum absolute atomic E-state index is 12.9. The number of azide groups is 1. The molecule has 1 aliphatic rings. The van der Waals surface area contributed by atoms with Gasteiger partial charge in [0.05, 0.1) is 25.2 Å². The van der Waals surface area contributed by atoms with Gasteiger partial charge in [0.2, 0.25) is 0 Å². The quantitative estimate of drug-likeness (QED) is 0.361. The molecule has 1 fully saturated rings. The summed E-state index contributed by atoms with van der Waals surface area (Å²) in [4.78, 5) is 2.74. The fourth-order valence-electron chi connectivity index (χ4n) is 2.76. The van der Waals surface area contributed by atoms with Crippen LogP contribution in [0, 0.1) is 0 Å². The Morgan fingerprint density at radius 1 is 1.36 bits per heavy atom. The normalized spacial score (nSPS) is 25.4. The van der Waals surface area contributed by atoms with Gasteiger partial charge in [-0.1, -0.05) is 35.4 Å². The van der Waals surface area contributed by atoms with E-state index < -0.39 is 28.4 Å². The number of benzene rings is 1. The zero-order chi connectivity index (χ0) is 18.4. The molecule has 7 nitrogen and oxygen atoms in total. The van der Waals surface area contributed by atoms with Gasteiger partial charge in [0.1, 0.15) is 4.75 Å². The highest BCUT2D eigenvalue weighted by Gasteiger charge is 2.37. The van der Waals surface area contributed by atoms with Crippen molar-refractivity contribution in [3.8, 4) is 0 Å². The molecule has 0 bridgehead atoms. The van der Waals surface area contributed by atoms with E-state index in [2.05, 4.69) is 10.0 Å². The number of hydrogen-bond donors (Lipinski definition) is 1. The third-order valence-corrected chi connectivity index (χ3v) is 5.81. The molecule has 0 spiro atoms. The van der Waals surface area contributed by atoms with Crippen LogP contribution >= 0.6 is 0 Å². The highest BCUT2D eigenvalue weighted by atomic mass is 32.2. The summed E-state index contributed by atoms with van der Waals surface area (Å²) >= 11 is -1.21. The summed E-state index contributed by atoms with van der Waals surface area (Å²) in [6.07, 6.45) is -0.170. The van der Waals surface area contributed by atoms with Crippen LogP contribution in [0.2, 0.25) is 0 Å². The molecular formula is C17H26N4O3S. The van der Waals surface area contributed by atoms with E-state index in [9.17, 15) is 9.66 Å². The molecule has 2 unspecified atom stereocenters. The predicted octanol–water partition coefficient (Wildman–Crippen LogP) is 3.13. The molecule has 2 rings (SSSR count). The summed E-state index contributed by atoms with van der Waals surface area (Å²) in [5.74, 6) is 0. The van der Waals surface area contributed by atoms with Crippen molar-refractivity contribution in [3.05, 3.63) is 46.3 Å². The SMILES string of the molecule is CC(C)(C)[S@+]([O-])N(Cc1ccccc1)C[C@@H]1CCC(N=[N+]=[N-])C(O)O1. The summed E-state index contributed by atoms with van der Waals surface area (Å²) in [6.45, 7) is 6.80. The third-order valence-electron chi connectivity index (χ3n) is 4.01. The van der Waals surface area contributed by atoms with Crippen LogP contribution in [-0.2, 0) is 22.6 Å². The van der Waals surface area contributed by atoms with Crippen molar-refractivity contribution >= 4 is 11.4 Å². The van der Waals surface area contributed by atoms with E-state index in [1.807, 2.05) is 55.4 Å². The Balaban J connectivity index is 2.07. The summed E-state index contributed by atoms with van der Waals surface area (Å²) in [5, 5.41) is 13.5. The highest BCUT2D eigenvalue weighted by Crippen LogP contribution is 2.27. The van der Waals surface area contributed by atoms with Gasteiger partial charge < -0.3 is 14.4 Å². The molecule has 0 saturated carbocycles. The first kappa shape index (κ1) is 20.0. The number of rotatable bonds is 6. The molecule has 0 aromatic heterocycles. The lowest BCUT2D eigenvalue weighted by atomic mass is 10.0. The molecule has 1 saturated heterocycles. The molecule has 1 heterocycles. The molecule has 1 aromatic rings. The fraction of sp³-hybridized carbons (Fsp3) is 0.647. The molecule has 25 heavy (non-hydrogen) atoms. The van der Waals surface area contributed by atoms with Gasteiger partial charge in [0, 0.05) is 16.3 Å². The van der Waals surface area contributed by atoms with E-state index in [1.165, 1.54) is 0 Å². The Labute approximate surface area is 151 Å². The van der Waals surface area contributed by atoms with Crippen molar-refractivity contribution in [3.63, 3.8) is 0 Å². The third kappa shape index (κ3) is 5.88. The topological polar surface area (TPSA) is 105 Å². The predicted molar refractivity (Wildman–Crippen MR) is 97.8 cm³/mol. The maximum Gasteiger partial charge on any atom is 0.163 e. The Morgan fingerprint density at radius 3 is 2.60 bits per heavy atom. The van der Waals surface area contributed by atoms with Crippen LogP contribution in [0.5, 0.6) is 0 Å². The summed E-state index contributed by atoms with van der Waals surface area (Å²) < 4.78 is 20.0. The number of aliphatic hydroxyl groups excluding tert-OH is 1. The van der Waals surface area contributed by atoms with Crippen LogP contribution in [0.25, 0.3) is 10.4 Å². The standard InChI is InChI=1S/C17H26N4O3S/c1-17(2,3)25(23)21(11-13-7-5-4-6-8-13)12-14-9-10-15(19-20-18)16(22)24-14/h4-8,14-16,22H,9-12H2,1-3H3/t14-,15?,16?,25-/m0/s1. The van der Waals surface area contributed by atoms with E-state index in [1.54, 1.807) is 0 Å². The van der Waals surface area contributed by atoms with E-state index in [-0.39, 0.29) is 6.10 Å². The first-order chi connectivity index (χ1) is 11.8. The second-order valence-electron chi connectivity index (χ2n) is 7.17. The summed E-state index contributed by atoms with van der Waals surface area (Å²) in [7, 11) is 0. The van der Waals surface area contributed by atoms with Gasteiger partial charge in [-0.05, 0) is 44.7 Å². The summed E-state index contributed by atoms with van der Waals surface area (Å²) in [5.41, 5.74) is 9.59. The second-order valence-corrected chi connectivity index (χ2v) is 9.41. The first-order valence-electron chi connectivity index (χ1n) is 8.40. The van der Waals surface area contributed by atoms with Crippen LogP contribution < -0.4 is 0 Å². The van der Waals surface area contributed by atoms with E-state index in [0.717, 1.165) is 5.56 Å². The van der Waals surface area contributed by atoms with Crippen LogP contribution in [-0.4, -0.2) is 43.7 Å². The molecule has 0 amide bonds. The molecule has 4 atom stereocenters. The molecule has 1 N–H and O–H groups in total. The fourth-order valence-corrected chi connectivity index (χ4v) is 4.11. The number of ether oxygens (including phenoxy) is 1. The lowest BCUT2D eigenvalue weighted by Crippen LogP contribution is -2.48. The molecule has 0 radical (unpaired) electrons. The Hall–Kier alpha value is -1.28. The second kappa shape index (κ2) is 8.89. The van der Waals surface area contributed by atoms with Crippen molar-refractivity contribution < 1.29 is 14.4 Å². The minimum absolute atomic E-state index is 0.254. The molecule has 1 aliphatic heterocycles. The molecule has 0 aliphatic carbocycles. The van der Waals surface area contributed by atoms with Gasteiger partial charge in [-0.25, -0.2) is 0 Å². The molecule has 8 heteroatoms. The monoisotopic (exact) mass is 366 g/mol. The van der Waals surface area contributed by atoms with E-state index in [4.69, 9.17) is 10.3 Å². The highest BCUT2D eigenvalue weighted by molar-refractivity contribution is 7.90. The number of nitrogens with zero attached hydrogens (tertiary/aromatic N) is 4. The number of hydrogen-bond acceptors (Lipinski definition) is 5. The van der Waals surface area contributed by atoms with Crippen LogP contribution in [0.1, 0.15) is 39.2 Å². The summed E-state index contributed by atoms with van der Waals surface area (Å²) in [6, 6.07) is 9.31. The van der Waals surface area contributed by atoms with Crippen LogP contribution in [0.3, 0.4) is 0 Å². The van der Waals surface area contributed by atoms with Gasteiger partial charge in [0.15, 0.2) is 6.29 Å². The minimum Gasteiger partial charge on any atom is -0.597 e. The van der Waals surface area contributed by atoms with Crippen LogP contribution in [0.15, 0.2) is 35.4 Å². The van der Waals surface area contributed by atoms with Gasteiger partial charge in [-0.2, -0.15) is 0 Å². The first-order valence-corrected chi connectivity index (χ1v) is 9.50. The smallest absolute Gasteiger partial charge is 0.163 e. The number of aliphatic hydroxyl groups is 1. The Bertz CT molecular complexity index is 589. The average Bonchev–Trinajstić information content (AvgIpc) is 2.56. The van der Waals surface area contributed by atoms with Gasteiger partial charge in [-0.3, -0.25) is 0 Å². The molecule has 1 aromatic carbocycles. The van der Waals surface area contributed by atoms with E-state index >= 15 is 0 Å². The van der Waals surface area contributed by atoms with Crippen LogP contribution in [0.4, 0.5) is 0 Å². The van der Waals surface area contributed by atoms with Gasteiger partial charge in [0.25, 0.3) is 0 Å². The Morgan fingerprint density at radius 2 is 2.04 bits per heavy atom. The van der Waals surface area contributed by atoms with Gasteiger partial charge in [-0.15, -0.1) is 4.31 Å². The lowest BCUT2D eigenvalue weighted by Gasteiger charge is -2.37. The minimum atomic E-state index is -1.21. The molecule has 138 valence electrons.